The van der Waals surface area contributed by atoms with E-state index in [4.69, 9.17) is 5.84 Å². The van der Waals surface area contributed by atoms with Gasteiger partial charge in [0, 0.05) is 5.56 Å². The number of benzene rings is 1. The van der Waals surface area contributed by atoms with E-state index in [2.05, 4.69) is 0 Å². The van der Waals surface area contributed by atoms with E-state index in [0.29, 0.717) is 0 Å². The lowest BCUT2D eigenvalue weighted by Gasteiger charge is -2.05. The molecule has 0 heterocycles. The molecule has 0 unspecified atom stereocenters. The monoisotopic (exact) mass is 214 g/mol. The highest BCUT2D eigenvalue weighted by Gasteiger charge is 2.18. The van der Waals surface area contributed by atoms with Gasteiger partial charge in [-0.1, -0.05) is 18.2 Å². The van der Waals surface area contributed by atoms with Crippen molar-refractivity contribution in [2.24, 2.45) is 5.84 Å². The lowest BCUT2D eigenvalue weighted by molar-refractivity contribution is 0.101. The van der Waals surface area contributed by atoms with Gasteiger partial charge in [0.25, 0.3) is 10.0 Å². The van der Waals surface area contributed by atoms with Gasteiger partial charge in [-0.2, -0.15) is 4.83 Å². The maximum absolute atomic E-state index is 11.3. The van der Waals surface area contributed by atoms with Gasteiger partial charge in [-0.15, -0.1) is 0 Å². The first kappa shape index (κ1) is 10.8. The molecule has 0 aliphatic rings. The zero-order chi connectivity index (χ0) is 10.8. The number of hydrogen-bond acceptors (Lipinski definition) is 4. The van der Waals surface area contributed by atoms with Crippen molar-refractivity contribution < 1.29 is 13.2 Å². The smallest absolute Gasteiger partial charge is 0.253 e. The maximum Gasteiger partial charge on any atom is 0.253 e. The van der Waals surface area contributed by atoms with Crippen LogP contribution < -0.4 is 10.7 Å². The second kappa shape index (κ2) is 3.87. The van der Waals surface area contributed by atoms with Crippen LogP contribution in [0.1, 0.15) is 17.3 Å². The van der Waals surface area contributed by atoms with E-state index in [-0.39, 0.29) is 16.2 Å². The van der Waals surface area contributed by atoms with E-state index in [9.17, 15) is 13.2 Å². The SMILES string of the molecule is CC(=O)c1ccccc1S(=O)(=O)NN. The van der Waals surface area contributed by atoms with Gasteiger partial charge in [-0.3, -0.25) is 10.6 Å². The predicted molar refractivity (Wildman–Crippen MR) is 51.0 cm³/mol. The summed E-state index contributed by atoms with van der Waals surface area (Å²) < 4.78 is 22.7. The van der Waals surface area contributed by atoms with Crippen LogP contribution in [0, 0.1) is 0 Å². The fraction of sp³-hybridized carbons (Fsp3) is 0.125. The summed E-state index contributed by atoms with van der Waals surface area (Å²) >= 11 is 0. The lowest BCUT2D eigenvalue weighted by Crippen LogP contribution is -2.31. The largest absolute Gasteiger partial charge is 0.294 e. The molecule has 1 aromatic rings. The third-order valence-electron chi connectivity index (χ3n) is 1.71. The Bertz CT molecular complexity index is 453. The molecule has 0 atom stereocenters. The third-order valence-corrected chi connectivity index (χ3v) is 2.96. The van der Waals surface area contributed by atoms with Gasteiger partial charge in [0.2, 0.25) is 0 Å². The minimum atomic E-state index is -3.77. The van der Waals surface area contributed by atoms with Crippen molar-refractivity contribution in [1.29, 1.82) is 0 Å². The highest BCUT2D eigenvalue weighted by Crippen LogP contribution is 2.14. The molecule has 0 bridgehead atoms. The Morgan fingerprint density at radius 1 is 1.36 bits per heavy atom. The number of ketones is 1. The van der Waals surface area contributed by atoms with Crippen molar-refractivity contribution in [3.05, 3.63) is 29.8 Å². The standard InChI is InChI=1S/C8H10N2O3S/c1-6(11)7-4-2-3-5-8(7)14(12,13)10-9/h2-5,10H,9H2,1H3. The predicted octanol–water partition coefficient (Wildman–Crippen LogP) is 0.0412. The molecule has 5 nitrogen and oxygen atoms in total. The van der Waals surface area contributed by atoms with Crippen LogP contribution in [0.15, 0.2) is 29.2 Å². The first-order chi connectivity index (χ1) is 6.49. The fourth-order valence-corrected chi connectivity index (χ4v) is 1.94. The fourth-order valence-electron chi connectivity index (χ4n) is 1.06. The summed E-state index contributed by atoms with van der Waals surface area (Å²) in [5.74, 6) is 4.54. The zero-order valence-electron chi connectivity index (χ0n) is 7.52. The van der Waals surface area contributed by atoms with Crippen LogP contribution in [0.3, 0.4) is 0 Å². The van der Waals surface area contributed by atoms with E-state index in [1.807, 2.05) is 0 Å². The number of nitrogens with two attached hydrogens (primary N) is 1. The van der Waals surface area contributed by atoms with Crippen molar-refractivity contribution in [2.75, 3.05) is 0 Å². The summed E-state index contributed by atoms with van der Waals surface area (Å²) in [4.78, 5) is 12.7. The third kappa shape index (κ3) is 1.98. The molecular formula is C8H10N2O3S. The molecule has 0 aliphatic carbocycles. The normalized spacial score (nSPS) is 11.3. The van der Waals surface area contributed by atoms with Gasteiger partial charge in [0.15, 0.2) is 5.78 Å². The molecule has 0 saturated carbocycles. The Morgan fingerprint density at radius 3 is 2.43 bits per heavy atom. The van der Waals surface area contributed by atoms with E-state index in [1.54, 1.807) is 10.9 Å². The molecule has 0 radical (unpaired) electrons. The van der Waals surface area contributed by atoms with Crippen LogP contribution in [0.4, 0.5) is 0 Å². The molecule has 1 aromatic carbocycles. The van der Waals surface area contributed by atoms with Gasteiger partial charge in [-0.05, 0) is 13.0 Å². The summed E-state index contributed by atoms with van der Waals surface area (Å²) in [5.41, 5.74) is 0.130. The molecule has 76 valence electrons. The first-order valence-corrected chi connectivity index (χ1v) is 5.29. The number of carbonyl (C=O) groups excluding carboxylic acids is 1. The van der Waals surface area contributed by atoms with Gasteiger partial charge in [0.05, 0.1) is 4.90 Å². The summed E-state index contributed by atoms with van der Waals surface area (Å²) in [6, 6.07) is 5.88. The maximum atomic E-state index is 11.3. The lowest BCUT2D eigenvalue weighted by atomic mass is 10.1. The molecule has 0 aliphatic heterocycles. The van der Waals surface area contributed by atoms with Crippen molar-refractivity contribution >= 4 is 15.8 Å². The van der Waals surface area contributed by atoms with Crippen LogP contribution in [-0.2, 0) is 10.0 Å². The highest BCUT2D eigenvalue weighted by molar-refractivity contribution is 7.89. The Morgan fingerprint density at radius 2 is 1.93 bits per heavy atom. The van der Waals surface area contributed by atoms with Crippen molar-refractivity contribution in [3.8, 4) is 0 Å². The summed E-state index contributed by atoms with van der Waals surface area (Å²) in [6.45, 7) is 1.30. The number of hydrogen-bond donors (Lipinski definition) is 2. The van der Waals surface area contributed by atoms with Crippen molar-refractivity contribution in [2.45, 2.75) is 11.8 Å². The first-order valence-electron chi connectivity index (χ1n) is 3.81. The van der Waals surface area contributed by atoms with E-state index in [1.165, 1.54) is 25.1 Å². The number of sulfonamides is 1. The minimum absolute atomic E-state index is 0.102. The summed E-state index contributed by atoms with van der Waals surface area (Å²) in [6.07, 6.45) is 0. The van der Waals surface area contributed by atoms with E-state index < -0.39 is 10.0 Å². The molecule has 0 saturated heterocycles. The van der Waals surface area contributed by atoms with Crippen LogP contribution in [-0.4, -0.2) is 14.2 Å². The number of hydrazine groups is 1. The molecule has 14 heavy (non-hydrogen) atoms. The van der Waals surface area contributed by atoms with E-state index >= 15 is 0 Å². The average molecular weight is 214 g/mol. The summed E-state index contributed by atoms with van der Waals surface area (Å²) in [5, 5.41) is 0. The minimum Gasteiger partial charge on any atom is -0.294 e. The number of rotatable bonds is 3. The van der Waals surface area contributed by atoms with Crippen molar-refractivity contribution in [1.82, 2.24) is 4.83 Å². The van der Waals surface area contributed by atoms with Gasteiger partial charge >= 0.3 is 0 Å². The Kier molecular flexibility index (Phi) is 3.00. The van der Waals surface area contributed by atoms with Crippen molar-refractivity contribution in [3.63, 3.8) is 0 Å². The number of nitrogens with one attached hydrogen (secondary N) is 1. The topological polar surface area (TPSA) is 89.3 Å². The quantitative estimate of drug-likeness (QED) is 0.422. The highest BCUT2D eigenvalue weighted by atomic mass is 32.2. The Balaban J connectivity index is 3.42. The molecule has 3 N–H and O–H groups in total. The second-order valence-electron chi connectivity index (χ2n) is 2.67. The van der Waals surface area contributed by atoms with Gasteiger partial charge in [0.1, 0.15) is 0 Å². The molecule has 0 aromatic heterocycles. The van der Waals surface area contributed by atoms with Crippen LogP contribution >= 0.6 is 0 Å². The molecule has 1 rings (SSSR count). The van der Waals surface area contributed by atoms with Gasteiger partial charge in [-0.25, -0.2) is 8.42 Å². The Hall–Kier alpha value is -1.24. The number of Topliss-reactive ketones (excluding diaryl/α,β-unsaturated/α-hetero) is 1. The molecular weight excluding hydrogens is 204 g/mol. The Labute approximate surface area is 81.9 Å². The molecule has 6 heteroatoms. The molecule has 0 spiro atoms. The van der Waals surface area contributed by atoms with Gasteiger partial charge < -0.3 is 0 Å². The number of carbonyl (C=O) groups is 1. The molecule has 0 fully saturated rings. The summed E-state index contributed by atoms with van der Waals surface area (Å²) in [7, 11) is -3.77. The molecule has 0 amide bonds. The van der Waals surface area contributed by atoms with Crippen LogP contribution in [0.5, 0.6) is 0 Å². The van der Waals surface area contributed by atoms with Crippen LogP contribution in [0.25, 0.3) is 0 Å². The van der Waals surface area contributed by atoms with E-state index in [0.717, 1.165) is 0 Å². The van der Waals surface area contributed by atoms with Crippen LogP contribution in [0.2, 0.25) is 0 Å². The average Bonchev–Trinajstić information content (AvgIpc) is 2.18. The second-order valence-corrected chi connectivity index (χ2v) is 4.36. The zero-order valence-corrected chi connectivity index (χ0v) is 8.34.